The number of Topliss-reactive ketones (excluding diaryl/α,β-unsaturated/α-hetero) is 1. The number of nitrogens with one attached hydrogen (secondary N) is 3. The smallest absolute Gasteiger partial charge is 0.329 e. The van der Waals surface area contributed by atoms with Gasteiger partial charge in [0.1, 0.15) is 46.4 Å². The van der Waals surface area contributed by atoms with Crippen molar-refractivity contribution in [1.29, 1.82) is 0 Å². The zero-order valence-electron chi connectivity index (χ0n) is 44.0. The Morgan fingerprint density at radius 2 is 1.15 bits per heavy atom. The molecular weight excluding hydrogens is 925 g/mol. The van der Waals surface area contributed by atoms with Crippen LogP contribution in [0.25, 0.3) is 0 Å². The second-order valence-electron chi connectivity index (χ2n) is 21.2. The minimum Gasteiger partial charge on any atom is -0.480 e. The van der Waals surface area contributed by atoms with E-state index in [9.17, 15) is 38.7 Å². The van der Waals surface area contributed by atoms with Crippen LogP contribution in [0.15, 0.2) is 66.9 Å². The Morgan fingerprint density at radius 3 is 1.72 bits per heavy atom. The van der Waals surface area contributed by atoms with Crippen molar-refractivity contribution in [3.05, 3.63) is 83.7 Å². The van der Waals surface area contributed by atoms with Crippen molar-refractivity contribution >= 4 is 41.6 Å². The highest BCUT2D eigenvalue weighted by Gasteiger charge is 2.32. The van der Waals surface area contributed by atoms with Crippen LogP contribution in [-0.4, -0.2) is 103 Å². The molecule has 18 nitrogen and oxygen atoms in total. The summed E-state index contributed by atoms with van der Waals surface area (Å²) in [5.41, 5.74) is -0.0418. The number of urea groups is 1. The molecule has 18 heteroatoms. The van der Waals surface area contributed by atoms with Crippen LogP contribution in [0.3, 0.4) is 0 Å². The first-order chi connectivity index (χ1) is 33.9. The Morgan fingerprint density at radius 1 is 0.611 bits per heavy atom. The Balaban J connectivity index is 1.39. The number of aryl methyl sites for hydroxylation is 1. The molecule has 0 radical (unpaired) electrons. The number of carboxylic acids is 1. The van der Waals surface area contributed by atoms with Crippen LogP contribution in [-0.2, 0) is 73.7 Å². The third kappa shape index (κ3) is 26.3. The van der Waals surface area contributed by atoms with Gasteiger partial charge >= 0.3 is 29.9 Å². The van der Waals surface area contributed by atoms with E-state index < -0.39 is 76.7 Å². The SMILES string of the molecule is CC(C)(C)OC(=O)CC[C@H](NC(=O)NC(CCCCn1cc(COCCCCCCCC(=O)C[C@@H](Cc2ccccc2)C(=O)N[C@@H](Cc2ccccc2)C(=O)O)nn1)C(=O)OC(C)(C)C)C(=O)OC(C)(C)C. The van der Waals surface area contributed by atoms with E-state index in [1.807, 2.05) is 60.7 Å². The summed E-state index contributed by atoms with van der Waals surface area (Å²) in [4.78, 5) is 90.7. The van der Waals surface area contributed by atoms with Gasteiger partial charge in [-0.1, -0.05) is 85.1 Å². The number of ketones is 1. The molecule has 0 aliphatic carbocycles. The summed E-state index contributed by atoms with van der Waals surface area (Å²) in [7, 11) is 0. The van der Waals surface area contributed by atoms with E-state index >= 15 is 0 Å². The molecule has 0 bridgehead atoms. The van der Waals surface area contributed by atoms with Gasteiger partial charge in [0.15, 0.2) is 0 Å². The number of hydrogen-bond acceptors (Lipinski definition) is 13. The molecule has 0 fully saturated rings. The number of ether oxygens (including phenoxy) is 4. The maximum atomic E-state index is 13.5. The molecule has 0 aliphatic rings. The number of carbonyl (C=O) groups excluding carboxylic acids is 6. The molecule has 0 saturated heterocycles. The number of hydrogen-bond donors (Lipinski definition) is 4. The first-order valence-corrected chi connectivity index (χ1v) is 25.2. The fraction of sp³-hybridized carbons (Fsp3) is 0.611. The van der Waals surface area contributed by atoms with Gasteiger partial charge in [-0.3, -0.25) is 19.1 Å². The van der Waals surface area contributed by atoms with E-state index in [1.54, 1.807) is 73.2 Å². The van der Waals surface area contributed by atoms with E-state index in [4.69, 9.17) is 18.9 Å². The molecule has 2 aromatic carbocycles. The monoisotopic (exact) mass is 1000 g/mol. The van der Waals surface area contributed by atoms with Gasteiger partial charge in [-0.15, -0.1) is 5.10 Å². The lowest BCUT2D eigenvalue weighted by atomic mass is 9.91. The minimum absolute atomic E-state index is 0.0268. The maximum absolute atomic E-state index is 13.5. The molecule has 0 saturated carbocycles. The van der Waals surface area contributed by atoms with E-state index in [2.05, 4.69) is 26.3 Å². The largest absolute Gasteiger partial charge is 0.480 e. The quantitative estimate of drug-likeness (QED) is 0.0273. The summed E-state index contributed by atoms with van der Waals surface area (Å²) in [5, 5.41) is 26.2. The molecule has 72 heavy (non-hydrogen) atoms. The Kier molecular flexibility index (Phi) is 25.1. The second kappa shape index (κ2) is 30.0. The van der Waals surface area contributed by atoms with E-state index in [0.29, 0.717) is 50.9 Å². The van der Waals surface area contributed by atoms with Gasteiger partial charge in [0.2, 0.25) is 5.91 Å². The van der Waals surface area contributed by atoms with Crippen LogP contribution in [0.1, 0.15) is 156 Å². The maximum Gasteiger partial charge on any atom is 0.329 e. The normalized spacial score (nSPS) is 13.5. The zero-order chi connectivity index (χ0) is 53.3. The lowest BCUT2D eigenvalue weighted by Gasteiger charge is -2.27. The van der Waals surface area contributed by atoms with Gasteiger partial charge in [-0.25, -0.2) is 19.2 Å². The number of benzene rings is 2. The molecule has 4 N–H and O–H groups in total. The summed E-state index contributed by atoms with van der Waals surface area (Å²) in [6, 6.07) is 14.4. The zero-order valence-corrected chi connectivity index (χ0v) is 44.0. The van der Waals surface area contributed by atoms with Gasteiger partial charge < -0.3 is 40.0 Å². The van der Waals surface area contributed by atoms with Crippen LogP contribution in [0.5, 0.6) is 0 Å². The van der Waals surface area contributed by atoms with Gasteiger partial charge in [0.25, 0.3) is 0 Å². The molecule has 4 atom stereocenters. The molecule has 3 amide bonds. The minimum atomic E-state index is -1.19. The van der Waals surface area contributed by atoms with Crippen LogP contribution < -0.4 is 16.0 Å². The third-order valence-corrected chi connectivity index (χ3v) is 10.8. The molecule has 1 heterocycles. The van der Waals surface area contributed by atoms with Crippen molar-refractivity contribution in [2.45, 2.75) is 200 Å². The highest BCUT2D eigenvalue weighted by atomic mass is 16.6. The van der Waals surface area contributed by atoms with Crippen molar-refractivity contribution < 1.29 is 57.6 Å². The first kappa shape index (κ1) is 60.1. The van der Waals surface area contributed by atoms with Crippen molar-refractivity contribution in [2.75, 3.05) is 6.61 Å². The molecule has 398 valence electrons. The summed E-state index contributed by atoms with van der Waals surface area (Å²) < 4.78 is 24.0. The second-order valence-corrected chi connectivity index (χ2v) is 21.2. The summed E-state index contributed by atoms with van der Waals surface area (Å²) >= 11 is 0. The number of rotatable bonds is 31. The number of amides is 3. The van der Waals surface area contributed by atoms with Crippen LogP contribution in [0.4, 0.5) is 4.79 Å². The Labute approximate surface area is 425 Å². The van der Waals surface area contributed by atoms with E-state index in [0.717, 1.165) is 36.8 Å². The number of unbranched alkanes of at least 4 members (excludes halogenated alkanes) is 5. The number of nitrogens with zero attached hydrogens (tertiary/aromatic N) is 3. The van der Waals surface area contributed by atoms with Gasteiger partial charge in [-0.05, 0) is 118 Å². The van der Waals surface area contributed by atoms with Gasteiger partial charge in [0.05, 0.1) is 12.8 Å². The van der Waals surface area contributed by atoms with Crippen LogP contribution >= 0.6 is 0 Å². The highest BCUT2D eigenvalue weighted by molar-refractivity contribution is 5.90. The van der Waals surface area contributed by atoms with E-state index in [-0.39, 0.29) is 44.5 Å². The Bertz CT molecular complexity index is 2160. The van der Waals surface area contributed by atoms with Gasteiger partial charge in [0, 0.05) is 44.8 Å². The molecule has 3 rings (SSSR count). The number of esters is 3. The topological polar surface area (TPSA) is 243 Å². The van der Waals surface area contributed by atoms with Crippen LogP contribution in [0, 0.1) is 5.92 Å². The number of carbonyl (C=O) groups is 7. The summed E-state index contributed by atoms with van der Waals surface area (Å²) in [5.74, 6) is -4.19. The number of aliphatic carboxylic acids is 1. The summed E-state index contributed by atoms with van der Waals surface area (Å²) in [6.45, 7) is 16.8. The molecule has 0 spiro atoms. The van der Waals surface area contributed by atoms with Crippen molar-refractivity contribution in [3.8, 4) is 0 Å². The Hall–Kier alpha value is -6.17. The standard InChI is InChI=1S/C54H80N6O12/c1-52(2,3)70-46(62)30-29-44(50(67)72-54(7,8)9)57-51(68)56-43(49(66)71-53(4,5)6)28-20-21-31-60-36-41(58-59-60)37-69-32-22-12-10-11-19-27-42(61)35-40(33-38-23-15-13-16-24-38)47(63)55-45(48(64)65)34-39-25-17-14-18-26-39/h13-18,23-26,36,40,43-45H,10-12,19-22,27-35,37H2,1-9H3,(H,55,63)(H,64,65)(H2,56,57,68)/t40-,43?,44+,45+/m1/s1. The predicted octanol–water partition coefficient (Wildman–Crippen LogP) is 7.78. The summed E-state index contributed by atoms with van der Waals surface area (Å²) in [6.07, 6.45) is 7.95. The molecule has 1 aromatic heterocycles. The van der Waals surface area contributed by atoms with Gasteiger partial charge in [-0.2, -0.15) is 0 Å². The lowest BCUT2D eigenvalue weighted by molar-refractivity contribution is -0.159. The van der Waals surface area contributed by atoms with E-state index in [1.165, 1.54) is 0 Å². The van der Waals surface area contributed by atoms with Crippen molar-refractivity contribution in [1.82, 2.24) is 30.9 Å². The highest BCUT2D eigenvalue weighted by Crippen LogP contribution is 2.19. The van der Waals surface area contributed by atoms with Crippen molar-refractivity contribution in [2.24, 2.45) is 5.92 Å². The third-order valence-electron chi connectivity index (χ3n) is 10.8. The van der Waals surface area contributed by atoms with Crippen LogP contribution in [0.2, 0.25) is 0 Å². The molecular formula is C54H80N6O12. The first-order valence-electron chi connectivity index (χ1n) is 25.2. The fourth-order valence-electron chi connectivity index (χ4n) is 7.50. The average molecular weight is 1010 g/mol. The van der Waals surface area contributed by atoms with Crippen molar-refractivity contribution in [3.63, 3.8) is 0 Å². The molecule has 3 aromatic rings. The predicted molar refractivity (Wildman–Crippen MR) is 270 cm³/mol. The fourth-order valence-corrected chi connectivity index (χ4v) is 7.50. The lowest BCUT2D eigenvalue weighted by Crippen LogP contribution is -2.53. The number of carboxylic acid groups (broad SMARTS) is 1. The number of aromatic nitrogens is 3. The molecule has 1 unspecified atom stereocenters. The molecule has 0 aliphatic heterocycles. The average Bonchev–Trinajstić information content (AvgIpc) is 3.74.